The normalized spacial score (nSPS) is 14.4. The molecular weight excluding hydrogens is 174 g/mol. The Morgan fingerprint density at radius 1 is 1.50 bits per heavy atom. The molecular formula is C11H21N3. The molecule has 0 fully saturated rings. The average molecular weight is 195 g/mol. The molecule has 3 nitrogen and oxygen atoms in total. The van der Waals surface area contributed by atoms with Crippen LogP contribution in [0.15, 0.2) is 12.4 Å². The van der Waals surface area contributed by atoms with E-state index < -0.39 is 0 Å². The van der Waals surface area contributed by atoms with E-state index in [1.165, 1.54) is 0 Å². The summed E-state index contributed by atoms with van der Waals surface area (Å²) in [6.45, 7) is 11.8. The van der Waals surface area contributed by atoms with Gasteiger partial charge in [-0.25, -0.2) is 4.98 Å². The molecule has 0 aromatic carbocycles. The molecule has 0 aliphatic carbocycles. The van der Waals surface area contributed by atoms with Gasteiger partial charge in [0.25, 0.3) is 0 Å². The molecule has 0 aliphatic heterocycles. The standard InChI is InChI=1S/C11H21N3/c1-9(8-13-11(3,4)5)14-7-6-12-10(14)2/h6-7,9,13H,8H2,1-5H3. The lowest BCUT2D eigenvalue weighted by molar-refractivity contribution is 0.376. The number of rotatable bonds is 3. The zero-order valence-corrected chi connectivity index (χ0v) is 9.83. The van der Waals surface area contributed by atoms with Crippen molar-refractivity contribution in [1.29, 1.82) is 0 Å². The smallest absolute Gasteiger partial charge is 0.105 e. The summed E-state index contributed by atoms with van der Waals surface area (Å²) in [6.07, 6.45) is 3.88. The van der Waals surface area contributed by atoms with Gasteiger partial charge in [0.1, 0.15) is 5.82 Å². The van der Waals surface area contributed by atoms with Crippen LogP contribution in [0.1, 0.15) is 39.6 Å². The maximum absolute atomic E-state index is 4.22. The highest BCUT2D eigenvalue weighted by Crippen LogP contribution is 2.09. The highest BCUT2D eigenvalue weighted by atomic mass is 15.1. The number of nitrogens with zero attached hydrogens (tertiary/aromatic N) is 2. The van der Waals surface area contributed by atoms with Gasteiger partial charge >= 0.3 is 0 Å². The summed E-state index contributed by atoms with van der Waals surface area (Å²) in [5, 5.41) is 3.49. The second-order valence-corrected chi connectivity index (χ2v) is 4.86. The van der Waals surface area contributed by atoms with E-state index >= 15 is 0 Å². The summed E-state index contributed by atoms with van der Waals surface area (Å²) >= 11 is 0. The maximum atomic E-state index is 4.22. The summed E-state index contributed by atoms with van der Waals surface area (Å²) in [4.78, 5) is 4.22. The molecule has 0 aliphatic rings. The molecule has 1 aromatic rings. The van der Waals surface area contributed by atoms with Crippen LogP contribution in [0, 0.1) is 6.92 Å². The van der Waals surface area contributed by atoms with Crippen molar-refractivity contribution in [3.63, 3.8) is 0 Å². The summed E-state index contributed by atoms with van der Waals surface area (Å²) in [6, 6.07) is 0.455. The molecule has 0 radical (unpaired) electrons. The van der Waals surface area contributed by atoms with Crippen LogP contribution < -0.4 is 5.32 Å². The van der Waals surface area contributed by atoms with Crippen LogP contribution in [0.25, 0.3) is 0 Å². The zero-order chi connectivity index (χ0) is 10.8. The van der Waals surface area contributed by atoms with Gasteiger partial charge in [0.15, 0.2) is 0 Å². The molecule has 1 unspecified atom stereocenters. The number of hydrogen-bond donors (Lipinski definition) is 1. The van der Waals surface area contributed by atoms with E-state index in [2.05, 4.69) is 42.6 Å². The fourth-order valence-corrected chi connectivity index (χ4v) is 1.41. The summed E-state index contributed by atoms with van der Waals surface area (Å²) in [5.41, 5.74) is 0.183. The second-order valence-electron chi connectivity index (χ2n) is 4.86. The minimum absolute atomic E-state index is 0.183. The first-order valence-electron chi connectivity index (χ1n) is 5.14. The fourth-order valence-electron chi connectivity index (χ4n) is 1.41. The third-order valence-electron chi connectivity index (χ3n) is 2.26. The third kappa shape index (κ3) is 3.14. The van der Waals surface area contributed by atoms with E-state index in [0.717, 1.165) is 12.4 Å². The first kappa shape index (κ1) is 11.2. The Morgan fingerprint density at radius 2 is 2.14 bits per heavy atom. The first-order valence-corrected chi connectivity index (χ1v) is 5.14. The van der Waals surface area contributed by atoms with E-state index in [0.29, 0.717) is 6.04 Å². The Labute approximate surface area is 86.5 Å². The van der Waals surface area contributed by atoms with Crippen molar-refractivity contribution < 1.29 is 0 Å². The largest absolute Gasteiger partial charge is 0.331 e. The fraction of sp³-hybridized carbons (Fsp3) is 0.727. The minimum atomic E-state index is 0.183. The van der Waals surface area contributed by atoms with Crippen molar-refractivity contribution in [3.8, 4) is 0 Å². The molecule has 1 atom stereocenters. The lowest BCUT2D eigenvalue weighted by atomic mass is 10.1. The molecule has 0 spiro atoms. The minimum Gasteiger partial charge on any atom is -0.331 e. The van der Waals surface area contributed by atoms with E-state index in [4.69, 9.17) is 0 Å². The molecule has 80 valence electrons. The molecule has 14 heavy (non-hydrogen) atoms. The van der Waals surface area contributed by atoms with Crippen LogP contribution in [0.4, 0.5) is 0 Å². The van der Waals surface area contributed by atoms with E-state index in [9.17, 15) is 0 Å². The van der Waals surface area contributed by atoms with Gasteiger partial charge in [-0.15, -0.1) is 0 Å². The van der Waals surface area contributed by atoms with Crippen LogP contribution >= 0.6 is 0 Å². The molecule has 1 rings (SSSR count). The summed E-state index contributed by atoms with van der Waals surface area (Å²) in [5.74, 6) is 1.08. The predicted molar refractivity (Wildman–Crippen MR) is 59.4 cm³/mol. The Bertz CT molecular complexity index is 283. The van der Waals surface area contributed by atoms with Crippen LogP contribution in [-0.4, -0.2) is 21.6 Å². The number of aromatic nitrogens is 2. The molecule has 1 heterocycles. The molecule has 1 aromatic heterocycles. The molecule has 1 N–H and O–H groups in total. The number of hydrogen-bond acceptors (Lipinski definition) is 2. The van der Waals surface area contributed by atoms with Gasteiger partial charge in [-0.3, -0.25) is 0 Å². The lowest BCUT2D eigenvalue weighted by Gasteiger charge is -2.24. The van der Waals surface area contributed by atoms with Gasteiger partial charge in [0, 0.05) is 30.5 Å². The number of imidazole rings is 1. The highest BCUT2D eigenvalue weighted by Gasteiger charge is 2.12. The van der Waals surface area contributed by atoms with E-state index in [1.54, 1.807) is 0 Å². The Hall–Kier alpha value is -0.830. The Kier molecular flexibility index (Phi) is 3.32. The van der Waals surface area contributed by atoms with Crippen molar-refractivity contribution in [1.82, 2.24) is 14.9 Å². The first-order chi connectivity index (χ1) is 6.40. The van der Waals surface area contributed by atoms with Crippen molar-refractivity contribution in [2.24, 2.45) is 0 Å². The van der Waals surface area contributed by atoms with Crippen molar-refractivity contribution in [2.75, 3.05) is 6.54 Å². The molecule has 0 saturated heterocycles. The van der Waals surface area contributed by atoms with E-state index in [-0.39, 0.29) is 5.54 Å². The van der Waals surface area contributed by atoms with Gasteiger partial charge in [0.2, 0.25) is 0 Å². The second kappa shape index (κ2) is 4.13. The predicted octanol–water partition coefficient (Wildman–Crippen LogP) is 2.14. The summed E-state index contributed by atoms with van der Waals surface area (Å²) < 4.78 is 2.19. The monoisotopic (exact) mass is 195 g/mol. The topological polar surface area (TPSA) is 29.9 Å². The van der Waals surface area contributed by atoms with Crippen molar-refractivity contribution >= 4 is 0 Å². The SMILES string of the molecule is Cc1nccn1C(C)CNC(C)(C)C. The molecule has 0 saturated carbocycles. The Morgan fingerprint density at radius 3 is 2.57 bits per heavy atom. The number of nitrogens with one attached hydrogen (secondary N) is 1. The Balaban J connectivity index is 2.51. The summed E-state index contributed by atoms with van der Waals surface area (Å²) in [7, 11) is 0. The zero-order valence-electron chi connectivity index (χ0n) is 9.83. The van der Waals surface area contributed by atoms with Gasteiger partial charge in [0.05, 0.1) is 0 Å². The van der Waals surface area contributed by atoms with Crippen LogP contribution in [0.2, 0.25) is 0 Å². The molecule has 3 heteroatoms. The van der Waals surface area contributed by atoms with Crippen molar-refractivity contribution in [3.05, 3.63) is 18.2 Å². The van der Waals surface area contributed by atoms with Gasteiger partial charge in [-0.05, 0) is 34.6 Å². The lowest BCUT2D eigenvalue weighted by Crippen LogP contribution is -2.39. The van der Waals surface area contributed by atoms with Crippen molar-refractivity contribution in [2.45, 2.75) is 46.2 Å². The molecule has 0 amide bonds. The molecule has 0 bridgehead atoms. The van der Waals surface area contributed by atoms with Gasteiger partial charge in [-0.2, -0.15) is 0 Å². The maximum Gasteiger partial charge on any atom is 0.105 e. The highest BCUT2D eigenvalue weighted by molar-refractivity contribution is 4.92. The number of aryl methyl sites for hydroxylation is 1. The van der Waals surface area contributed by atoms with Gasteiger partial charge < -0.3 is 9.88 Å². The van der Waals surface area contributed by atoms with Crippen LogP contribution in [0.5, 0.6) is 0 Å². The third-order valence-corrected chi connectivity index (χ3v) is 2.26. The van der Waals surface area contributed by atoms with Crippen LogP contribution in [-0.2, 0) is 0 Å². The average Bonchev–Trinajstić information content (AvgIpc) is 2.46. The van der Waals surface area contributed by atoms with E-state index in [1.807, 2.05) is 19.3 Å². The van der Waals surface area contributed by atoms with Gasteiger partial charge in [-0.1, -0.05) is 0 Å². The van der Waals surface area contributed by atoms with Crippen LogP contribution in [0.3, 0.4) is 0 Å². The quantitative estimate of drug-likeness (QED) is 0.801.